The first-order valence-corrected chi connectivity index (χ1v) is 10.4. The van der Waals surface area contributed by atoms with Crippen LogP contribution in [0.3, 0.4) is 0 Å². The van der Waals surface area contributed by atoms with Crippen LogP contribution in [-0.2, 0) is 21.2 Å². The van der Waals surface area contributed by atoms with Crippen LogP contribution in [0.25, 0.3) is 0 Å². The quantitative estimate of drug-likeness (QED) is 0.605. The molecule has 0 aliphatic heterocycles. The van der Waals surface area contributed by atoms with E-state index in [1.54, 1.807) is 54.6 Å². The minimum atomic E-state index is -4.07. The molecule has 0 heterocycles. The number of anilines is 1. The molecule has 0 atom stereocenters. The lowest BCUT2D eigenvalue weighted by Gasteiger charge is -2.22. The number of carbonyl (C=O) groups excluding carboxylic acids is 1. The number of nitrogens with zero attached hydrogens (tertiary/aromatic N) is 1. The van der Waals surface area contributed by atoms with Crippen molar-refractivity contribution in [3.63, 3.8) is 0 Å². The summed E-state index contributed by atoms with van der Waals surface area (Å²) in [5.41, 5.74) is 1.34. The Hall–Kier alpha value is -3.12. The molecule has 6 heteroatoms. The predicted molar refractivity (Wildman–Crippen MR) is 109 cm³/mol. The third kappa shape index (κ3) is 4.40. The van der Waals surface area contributed by atoms with Gasteiger partial charge >= 0.3 is 0 Å². The van der Waals surface area contributed by atoms with Gasteiger partial charge in [0.1, 0.15) is 5.75 Å². The Balaban J connectivity index is 1.90. The van der Waals surface area contributed by atoms with Crippen LogP contribution in [0, 0.1) is 0 Å². The van der Waals surface area contributed by atoms with Crippen LogP contribution in [0.5, 0.6) is 5.75 Å². The third-order valence-electron chi connectivity index (χ3n) is 4.17. The summed E-state index contributed by atoms with van der Waals surface area (Å²) in [4.78, 5) is 13.0. The van der Waals surface area contributed by atoms with Gasteiger partial charge in [0.05, 0.1) is 10.6 Å². The standard InChI is InChI=1S/C22H21NO4S/c1-2-18-10-9-13-20(16-18)27-17-22(24)23(19-11-5-3-6-12-19)28(25,26)21-14-7-4-8-15-21/h3-16H,2,17H2,1H3. The van der Waals surface area contributed by atoms with Crippen LogP contribution >= 0.6 is 0 Å². The van der Waals surface area contributed by atoms with Gasteiger partial charge in [-0.2, -0.15) is 4.31 Å². The van der Waals surface area contributed by atoms with Gasteiger partial charge in [-0.05, 0) is 48.4 Å². The first-order chi connectivity index (χ1) is 13.5. The number of benzene rings is 3. The van der Waals surface area contributed by atoms with Crippen LogP contribution in [0.2, 0.25) is 0 Å². The molecule has 0 aromatic heterocycles. The number of rotatable bonds is 7. The fourth-order valence-electron chi connectivity index (χ4n) is 2.74. The fourth-order valence-corrected chi connectivity index (χ4v) is 4.17. The average Bonchev–Trinajstić information content (AvgIpc) is 2.74. The Morgan fingerprint density at radius 2 is 1.54 bits per heavy atom. The first kappa shape index (κ1) is 19.6. The van der Waals surface area contributed by atoms with Crippen LogP contribution in [-0.4, -0.2) is 20.9 Å². The highest BCUT2D eigenvalue weighted by Gasteiger charge is 2.31. The molecule has 144 valence electrons. The highest BCUT2D eigenvalue weighted by atomic mass is 32.2. The second kappa shape index (κ2) is 8.71. The molecule has 0 spiro atoms. The molecule has 0 saturated heterocycles. The Kier molecular flexibility index (Phi) is 6.11. The van der Waals surface area contributed by atoms with Gasteiger partial charge in [0.15, 0.2) is 6.61 Å². The van der Waals surface area contributed by atoms with E-state index in [4.69, 9.17) is 4.74 Å². The zero-order chi connectivity index (χ0) is 20.0. The topological polar surface area (TPSA) is 63.7 Å². The number of hydrogen-bond acceptors (Lipinski definition) is 4. The summed E-state index contributed by atoms with van der Waals surface area (Å²) in [5.74, 6) is -0.144. The van der Waals surface area contributed by atoms with Gasteiger partial charge in [0.25, 0.3) is 15.9 Å². The molecular formula is C22H21NO4S. The molecule has 5 nitrogen and oxygen atoms in total. The largest absolute Gasteiger partial charge is 0.484 e. The number of para-hydroxylation sites is 1. The van der Waals surface area contributed by atoms with Crippen molar-refractivity contribution < 1.29 is 17.9 Å². The van der Waals surface area contributed by atoms with Gasteiger partial charge in [-0.3, -0.25) is 4.79 Å². The Bertz CT molecular complexity index is 1030. The summed E-state index contributed by atoms with van der Waals surface area (Å²) in [6.45, 7) is 1.63. The van der Waals surface area contributed by atoms with Gasteiger partial charge in [0, 0.05) is 0 Å². The van der Waals surface area contributed by atoms with Crippen molar-refractivity contribution in [2.45, 2.75) is 18.2 Å². The monoisotopic (exact) mass is 395 g/mol. The number of sulfonamides is 1. The van der Waals surface area contributed by atoms with Crippen molar-refractivity contribution in [2.24, 2.45) is 0 Å². The molecule has 0 bridgehead atoms. The summed E-state index contributed by atoms with van der Waals surface area (Å²) < 4.78 is 32.7. The Morgan fingerprint density at radius 3 is 2.18 bits per heavy atom. The van der Waals surface area contributed by atoms with E-state index < -0.39 is 22.5 Å². The molecule has 1 amide bonds. The molecule has 0 aliphatic carbocycles. The third-order valence-corrected chi connectivity index (χ3v) is 5.93. The lowest BCUT2D eigenvalue weighted by Crippen LogP contribution is -2.40. The number of carbonyl (C=O) groups is 1. The maximum atomic E-state index is 13.1. The van der Waals surface area contributed by atoms with E-state index in [0.29, 0.717) is 5.75 Å². The molecule has 0 fully saturated rings. The molecule has 3 aromatic carbocycles. The van der Waals surface area contributed by atoms with Gasteiger partial charge in [0.2, 0.25) is 0 Å². The highest BCUT2D eigenvalue weighted by molar-refractivity contribution is 7.93. The predicted octanol–water partition coefficient (Wildman–Crippen LogP) is 4.05. The van der Waals surface area contributed by atoms with E-state index >= 15 is 0 Å². The van der Waals surface area contributed by atoms with Crippen molar-refractivity contribution in [2.75, 3.05) is 10.9 Å². The van der Waals surface area contributed by atoms with E-state index in [9.17, 15) is 13.2 Å². The number of aryl methyl sites for hydroxylation is 1. The molecule has 0 aliphatic rings. The van der Waals surface area contributed by atoms with Crippen molar-refractivity contribution >= 4 is 21.6 Å². The summed E-state index contributed by atoms with van der Waals surface area (Å²) >= 11 is 0. The molecule has 0 unspecified atom stereocenters. The second-order valence-corrected chi connectivity index (χ2v) is 7.89. The molecule has 0 N–H and O–H groups in total. The SMILES string of the molecule is CCc1cccc(OCC(=O)N(c2ccccc2)S(=O)(=O)c2ccccc2)c1. The van der Waals surface area contributed by atoms with Crippen LogP contribution in [0.4, 0.5) is 5.69 Å². The highest BCUT2D eigenvalue weighted by Crippen LogP contribution is 2.24. The van der Waals surface area contributed by atoms with Gasteiger partial charge < -0.3 is 4.74 Å². The van der Waals surface area contributed by atoms with E-state index in [1.165, 1.54) is 12.1 Å². The fraction of sp³-hybridized carbons (Fsp3) is 0.136. The van der Waals surface area contributed by atoms with Gasteiger partial charge in [-0.15, -0.1) is 0 Å². The van der Waals surface area contributed by atoms with E-state index in [1.807, 2.05) is 25.1 Å². The normalized spacial score (nSPS) is 11.0. The van der Waals surface area contributed by atoms with E-state index in [0.717, 1.165) is 16.3 Å². The minimum Gasteiger partial charge on any atom is -0.484 e. The summed E-state index contributed by atoms with van der Waals surface area (Å²) in [7, 11) is -4.07. The zero-order valence-corrected chi connectivity index (χ0v) is 16.3. The maximum absolute atomic E-state index is 13.1. The smallest absolute Gasteiger partial charge is 0.278 e. The van der Waals surface area contributed by atoms with Crippen molar-refractivity contribution in [3.8, 4) is 5.75 Å². The summed E-state index contributed by atoms with van der Waals surface area (Å²) in [5, 5.41) is 0. The summed E-state index contributed by atoms with van der Waals surface area (Å²) in [6, 6.07) is 23.5. The zero-order valence-electron chi connectivity index (χ0n) is 15.5. The molecule has 3 aromatic rings. The Labute approximate surface area is 165 Å². The second-order valence-electron chi connectivity index (χ2n) is 6.10. The number of hydrogen-bond donors (Lipinski definition) is 0. The van der Waals surface area contributed by atoms with E-state index in [2.05, 4.69) is 0 Å². The molecular weight excluding hydrogens is 374 g/mol. The summed E-state index contributed by atoms with van der Waals surface area (Å²) in [6.07, 6.45) is 0.837. The first-order valence-electron chi connectivity index (χ1n) is 8.92. The number of amides is 1. The van der Waals surface area contributed by atoms with Gasteiger partial charge in [-0.25, -0.2) is 8.42 Å². The average molecular weight is 395 g/mol. The van der Waals surface area contributed by atoms with Crippen LogP contribution < -0.4 is 9.04 Å². The Morgan fingerprint density at radius 1 is 0.893 bits per heavy atom. The lowest BCUT2D eigenvalue weighted by atomic mass is 10.2. The van der Waals surface area contributed by atoms with Gasteiger partial charge in [-0.1, -0.05) is 55.5 Å². The maximum Gasteiger partial charge on any atom is 0.278 e. The minimum absolute atomic E-state index is 0.0418. The van der Waals surface area contributed by atoms with Crippen molar-refractivity contribution in [3.05, 3.63) is 90.5 Å². The molecule has 3 rings (SSSR count). The molecule has 28 heavy (non-hydrogen) atoms. The van der Waals surface area contributed by atoms with Crippen LogP contribution in [0.15, 0.2) is 89.8 Å². The molecule has 0 saturated carbocycles. The lowest BCUT2D eigenvalue weighted by molar-refractivity contribution is -0.119. The van der Waals surface area contributed by atoms with E-state index in [-0.39, 0.29) is 10.6 Å². The van der Waals surface area contributed by atoms with Crippen LogP contribution in [0.1, 0.15) is 12.5 Å². The van der Waals surface area contributed by atoms with Crippen molar-refractivity contribution in [1.82, 2.24) is 0 Å². The molecule has 0 radical (unpaired) electrons. The number of ether oxygens (including phenoxy) is 1. The van der Waals surface area contributed by atoms with Crippen molar-refractivity contribution in [1.29, 1.82) is 0 Å².